The van der Waals surface area contributed by atoms with Crippen molar-refractivity contribution in [3.05, 3.63) is 77.3 Å². The van der Waals surface area contributed by atoms with Gasteiger partial charge in [-0.1, -0.05) is 55.8 Å². The predicted molar refractivity (Wildman–Crippen MR) is 92.9 cm³/mol. The number of hydrogen-bond donors (Lipinski definition) is 0. The summed E-state index contributed by atoms with van der Waals surface area (Å²) in [4.78, 5) is 1.38. The number of halogens is 1. The van der Waals surface area contributed by atoms with Crippen LogP contribution in [0.2, 0.25) is 5.02 Å². The Labute approximate surface area is 131 Å². The van der Waals surface area contributed by atoms with Crippen molar-refractivity contribution in [1.29, 1.82) is 0 Å². The molecule has 2 heteroatoms. The lowest BCUT2D eigenvalue weighted by Gasteiger charge is -2.07. The second kappa shape index (κ2) is 8.89. The molecule has 0 bridgehead atoms. The molecule has 0 spiro atoms. The second-order valence-electron chi connectivity index (χ2n) is 3.95. The first-order chi connectivity index (χ1) is 9.84. The summed E-state index contributed by atoms with van der Waals surface area (Å²) in [6.45, 7) is 10.0. The Bertz CT molecular complexity index is 549. The Balaban J connectivity index is 0.000000461. The molecule has 0 fully saturated rings. The minimum Gasteiger partial charge on any atom is -0.121 e. The van der Waals surface area contributed by atoms with Crippen molar-refractivity contribution < 1.29 is 0 Å². The molecule has 2 aromatic carbocycles. The van der Waals surface area contributed by atoms with Crippen molar-refractivity contribution in [2.75, 3.05) is 0 Å². The summed E-state index contributed by atoms with van der Waals surface area (Å²) in [6, 6.07) is 14.8. The predicted octanol–water partition coefficient (Wildman–Crippen LogP) is 6.36. The van der Waals surface area contributed by atoms with Crippen LogP contribution in [-0.2, 0) is 12.2 Å². The third-order valence-corrected chi connectivity index (χ3v) is 4.46. The van der Waals surface area contributed by atoms with Crippen LogP contribution >= 0.6 is 23.4 Å². The van der Waals surface area contributed by atoms with Gasteiger partial charge in [0.2, 0.25) is 0 Å². The van der Waals surface area contributed by atoms with E-state index in [1.165, 1.54) is 21.6 Å². The molecule has 0 amide bonds. The first-order valence-corrected chi connectivity index (χ1v) is 8.18. The molecule has 1 aliphatic rings. The molecular formula is C18H21ClS. The molecule has 0 nitrogen and oxygen atoms in total. The molecule has 0 saturated carbocycles. The lowest BCUT2D eigenvalue weighted by molar-refractivity contribution is 1.12. The molecular weight excluding hydrogens is 284 g/mol. The van der Waals surface area contributed by atoms with Crippen LogP contribution in [0.3, 0.4) is 0 Å². The quantitative estimate of drug-likeness (QED) is 0.510. The summed E-state index contributed by atoms with van der Waals surface area (Å²) in [7, 11) is 0. The van der Waals surface area contributed by atoms with Gasteiger partial charge in [-0.25, -0.2) is 0 Å². The number of thioether (sulfide) groups is 1. The van der Waals surface area contributed by atoms with Gasteiger partial charge in [-0.05, 0) is 28.8 Å². The Kier molecular flexibility index (Phi) is 7.50. The normalized spacial score (nSPS) is 11.6. The minimum atomic E-state index is 0.898. The van der Waals surface area contributed by atoms with Crippen molar-refractivity contribution >= 4 is 23.4 Å². The van der Waals surface area contributed by atoms with E-state index in [1.807, 2.05) is 37.7 Å². The van der Waals surface area contributed by atoms with Crippen molar-refractivity contribution in [3.8, 4) is 0 Å². The highest BCUT2D eigenvalue weighted by Crippen LogP contribution is 2.35. The molecule has 20 heavy (non-hydrogen) atoms. The largest absolute Gasteiger partial charge is 0.121 e. The highest BCUT2D eigenvalue weighted by Gasteiger charge is 2.14. The van der Waals surface area contributed by atoms with Crippen LogP contribution in [0.1, 0.15) is 30.5 Å². The number of fused-ring (bicyclic) bond motifs is 2. The van der Waals surface area contributed by atoms with Crippen LogP contribution in [0.15, 0.2) is 60.5 Å². The molecule has 2 aromatic rings. The average Bonchev–Trinajstić information content (AvgIpc) is 2.72. The lowest BCUT2D eigenvalue weighted by atomic mass is 10.0. The van der Waals surface area contributed by atoms with Crippen molar-refractivity contribution in [2.45, 2.75) is 30.9 Å². The third-order valence-electron chi connectivity index (χ3n) is 2.94. The van der Waals surface area contributed by atoms with E-state index in [1.54, 1.807) is 0 Å². The van der Waals surface area contributed by atoms with E-state index in [9.17, 15) is 0 Å². The van der Waals surface area contributed by atoms with Crippen molar-refractivity contribution in [3.63, 3.8) is 0 Å². The second-order valence-corrected chi connectivity index (χ2v) is 5.38. The van der Waals surface area contributed by atoms with Crippen molar-refractivity contribution in [1.82, 2.24) is 0 Å². The topological polar surface area (TPSA) is 0 Å². The summed E-state index contributed by atoms with van der Waals surface area (Å²) in [6.07, 6.45) is 0.957. The molecule has 0 N–H and O–H groups in total. The number of rotatable bonds is 0. The zero-order valence-corrected chi connectivity index (χ0v) is 13.7. The maximum absolute atomic E-state index is 6.27. The van der Waals surface area contributed by atoms with Gasteiger partial charge in [0.15, 0.2) is 0 Å². The zero-order valence-electron chi connectivity index (χ0n) is 12.2. The monoisotopic (exact) mass is 304 g/mol. The van der Waals surface area contributed by atoms with Crippen LogP contribution in [0.25, 0.3) is 0 Å². The molecule has 1 heterocycles. The molecule has 0 saturated heterocycles. The standard InChI is InChI=1S/C14H11ClS.C2H6.C2H4/c15-13-6-3-5-11-9-16-14-7-2-1-4-10(14)8-12(11)13;2*1-2/h1-7H,8-9H2;1-2H3;1-2H2. The smallest absolute Gasteiger partial charge is 0.0444 e. The SMILES string of the molecule is C=C.CC.Clc1cccc2c1Cc1ccccc1SC2. The molecule has 106 valence electrons. The van der Waals surface area contributed by atoms with Gasteiger partial charge in [0.25, 0.3) is 0 Å². The first kappa shape index (κ1) is 16.9. The van der Waals surface area contributed by atoms with Gasteiger partial charge in [-0.3, -0.25) is 0 Å². The zero-order chi connectivity index (χ0) is 15.0. The van der Waals surface area contributed by atoms with E-state index < -0.39 is 0 Å². The molecule has 0 aliphatic carbocycles. The van der Waals surface area contributed by atoms with Crippen molar-refractivity contribution in [2.24, 2.45) is 0 Å². The van der Waals surface area contributed by atoms with E-state index >= 15 is 0 Å². The fourth-order valence-corrected chi connectivity index (χ4v) is 3.42. The fourth-order valence-electron chi connectivity index (χ4n) is 2.07. The molecule has 0 radical (unpaired) electrons. The van der Waals surface area contributed by atoms with E-state index in [0.717, 1.165) is 17.2 Å². The summed E-state index contributed by atoms with van der Waals surface area (Å²) in [5.74, 6) is 1.02. The molecule has 0 unspecified atom stereocenters. The van der Waals surface area contributed by atoms with Gasteiger partial charge in [0, 0.05) is 22.1 Å². The van der Waals surface area contributed by atoms with Crippen LogP contribution in [0.4, 0.5) is 0 Å². The van der Waals surface area contributed by atoms with Gasteiger partial charge >= 0.3 is 0 Å². The summed E-state index contributed by atoms with van der Waals surface area (Å²) in [5.41, 5.74) is 4.05. The highest BCUT2D eigenvalue weighted by molar-refractivity contribution is 7.98. The maximum Gasteiger partial charge on any atom is 0.0444 e. The third kappa shape index (κ3) is 3.91. The Morgan fingerprint density at radius 3 is 2.35 bits per heavy atom. The highest BCUT2D eigenvalue weighted by atomic mass is 35.5. The van der Waals surface area contributed by atoms with E-state index in [4.69, 9.17) is 11.6 Å². The minimum absolute atomic E-state index is 0.898. The Morgan fingerprint density at radius 2 is 1.60 bits per heavy atom. The van der Waals surface area contributed by atoms with Crippen LogP contribution in [-0.4, -0.2) is 0 Å². The van der Waals surface area contributed by atoms with Gasteiger partial charge in [-0.2, -0.15) is 0 Å². The Morgan fingerprint density at radius 1 is 0.950 bits per heavy atom. The van der Waals surface area contributed by atoms with E-state index in [-0.39, 0.29) is 0 Å². The maximum atomic E-state index is 6.27. The van der Waals surface area contributed by atoms with Crippen LogP contribution < -0.4 is 0 Å². The number of hydrogen-bond acceptors (Lipinski definition) is 1. The average molecular weight is 305 g/mol. The molecule has 0 atom stereocenters. The van der Waals surface area contributed by atoms with Gasteiger partial charge in [-0.15, -0.1) is 24.9 Å². The Hall–Kier alpha value is -1.18. The van der Waals surface area contributed by atoms with Crippen LogP contribution in [0, 0.1) is 0 Å². The van der Waals surface area contributed by atoms with Crippen LogP contribution in [0.5, 0.6) is 0 Å². The molecule has 3 rings (SSSR count). The summed E-state index contributed by atoms with van der Waals surface area (Å²) < 4.78 is 0. The lowest BCUT2D eigenvalue weighted by Crippen LogP contribution is -1.92. The van der Waals surface area contributed by atoms with E-state index in [2.05, 4.69) is 43.5 Å². The molecule has 1 aliphatic heterocycles. The summed E-state index contributed by atoms with van der Waals surface area (Å²) >= 11 is 8.17. The van der Waals surface area contributed by atoms with Gasteiger partial charge in [0.05, 0.1) is 0 Å². The fraction of sp³-hybridized carbons (Fsp3) is 0.222. The first-order valence-electron chi connectivity index (χ1n) is 6.81. The van der Waals surface area contributed by atoms with Gasteiger partial charge in [0.1, 0.15) is 0 Å². The number of benzene rings is 2. The van der Waals surface area contributed by atoms with E-state index in [0.29, 0.717) is 0 Å². The molecule has 0 aromatic heterocycles. The van der Waals surface area contributed by atoms with Gasteiger partial charge < -0.3 is 0 Å². The summed E-state index contributed by atoms with van der Waals surface area (Å²) in [5, 5.41) is 0.898.